The molecule has 1 fully saturated rings. The summed E-state index contributed by atoms with van der Waals surface area (Å²) in [5, 5.41) is 3.24. The minimum atomic E-state index is 0.498. The van der Waals surface area contributed by atoms with E-state index >= 15 is 0 Å². The van der Waals surface area contributed by atoms with Gasteiger partial charge in [-0.15, -0.1) is 11.8 Å². The van der Waals surface area contributed by atoms with Gasteiger partial charge in [-0.1, -0.05) is 18.6 Å². The fraction of sp³-hybridized carbons (Fsp3) is 0.529. The molecular weight excluding hydrogens is 338 g/mol. The topological polar surface area (TPSA) is 67.1 Å². The van der Waals surface area contributed by atoms with Gasteiger partial charge in [0.2, 0.25) is 0 Å². The second kappa shape index (κ2) is 9.25. The number of nitrogen functional groups attached to an aromatic ring is 1. The van der Waals surface area contributed by atoms with Crippen molar-refractivity contribution in [1.82, 2.24) is 13.6 Å². The van der Waals surface area contributed by atoms with Gasteiger partial charge >= 0.3 is 0 Å². The molecule has 1 aromatic heterocycles. The zero-order chi connectivity index (χ0) is 16.6. The summed E-state index contributed by atoms with van der Waals surface area (Å²) in [7, 11) is 0. The maximum absolute atomic E-state index is 5.70. The van der Waals surface area contributed by atoms with Gasteiger partial charge in [-0.05, 0) is 55.8 Å². The summed E-state index contributed by atoms with van der Waals surface area (Å²) in [5.74, 6) is 2.30. The van der Waals surface area contributed by atoms with Gasteiger partial charge in [-0.25, -0.2) is 0 Å². The van der Waals surface area contributed by atoms with Gasteiger partial charge in [0.25, 0.3) is 0 Å². The molecule has 1 aliphatic heterocycles. The van der Waals surface area contributed by atoms with Crippen molar-refractivity contribution in [2.75, 3.05) is 36.4 Å². The summed E-state index contributed by atoms with van der Waals surface area (Å²) in [6.45, 7) is 4.46. The molecule has 1 aromatic carbocycles. The van der Waals surface area contributed by atoms with Crippen LogP contribution in [0.2, 0.25) is 0 Å². The fourth-order valence-electron chi connectivity index (χ4n) is 2.90. The smallest absolute Gasteiger partial charge is 0.184 e. The number of hydrogen-bond acceptors (Lipinski definition) is 7. The Kier molecular flexibility index (Phi) is 6.75. The van der Waals surface area contributed by atoms with E-state index in [2.05, 4.69) is 43.2 Å². The Hall–Kier alpha value is -1.31. The molecule has 0 aliphatic carbocycles. The van der Waals surface area contributed by atoms with Gasteiger partial charge in [0, 0.05) is 18.0 Å². The number of nitrogens with two attached hydrogens (primary N) is 1. The Morgan fingerprint density at radius 3 is 2.88 bits per heavy atom. The molecule has 0 atom stereocenters. The molecule has 130 valence electrons. The summed E-state index contributed by atoms with van der Waals surface area (Å²) in [6.07, 6.45) is 5.15. The third kappa shape index (κ3) is 5.36. The average Bonchev–Trinajstić information content (AvgIpc) is 3.01. The normalized spacial score (nSPS) is 15.5. The van der Waals surface area contributed by atoms with Gasteiger partial charge in [0.1, 0.15) is 0 Å². The predicted molar refractivity (Wildman–Crippen MR) is 104 cm³/mol. The number of likely N-dealkylation sites (tertiary alicyclic amines) is 1. The van der Waals surface area contributed by atoms with Crippen LogP contribution in [0.15, 0.2) is 29.2 Å². The van der Waals surface area contributed by atoms with Crippen LogP contribution in [-0.4, -0.2) is 39.0 Å². The number of piperidine rings is 1. The van der Waals surface area contributed by atoms with Crippen LogP contribution in [0.25, 0.3) is 0 Å². The number of aromatic nitrogens is 2. The lowest BCUT2D eigenvalue weighted by molar-refractivity contribution is 0.221. The number of thioether (sulfide) groups is 1. The van der Waals surface area contributed by atoms with E-state index in [1.807, 2.05) is 11.8 Å². The first-order chi connectivity index (χ1) is 11.8. The van der Waals surface area contributed by atoms with Crippen LogP contribution in [0, 0.1) is 0 Å². The van der Waals surface area contributed by atoms with Gasteiger partial charge < -0.3 is 11.1 Å². The third-order valence-corrected chi connectivity index (χ3v) is 5.77. The number of hydrogen-bond donors (Lipinski definition) is 2. The number of benzene rings is 1. The average molecular weight is 364 g/mol. The van der Waals surface area contributed by atoms with Crippen LogP contribution in [-0.2, 0) is 6.54 Å². The van der Waals surface area contributed by atoms with Crippen LogP contribution in [0.5, 0.6) is 0 Å². The van der Waals surface area contributed by atoms with E-state index in [9.17, 15) is 0 Å². The van der Waals surface area contributed by atoms with E-state index in [0.717, 1.165) is 37.0 Å². The zero-order valence-electron chi connectivity index (χ0n) is 13.9. The largest absolute Gasteiger partial charge is 0.380 e. The maximum atomic E-state index is 5.70. The molecule has 1 aliphatic rings. The summed E-state index contributed by atoms with van der Waals surface area (Å²) in [6, 6.07) is 8.98. The SMILES string of the molecule is Nc1nsnc1NCCCSc1cccc(CN2CCCCC2)c1. The summed E-state index contributed by atoms with van der Waals surface area (Å²) < 4.78 is 8.08. The number of nitrogens with one attached hydrogen (secondary N) is 1. The molecule has 1 saturated heterocycles. The fourth-order valence-corrected chi connectivity index (χ4v) is 4.29. The van der Waals surface area contributed by atoms with Crippen molar-refractivity contribution in [1.29, 1.82) is 0 Å². The van der Waals surface area contributed by atoms with Crippen LogP contribution >= 0.6 is 23.5 Å². The molecule has 2 heterocycles. The van der Waals surface area contributed by atoms with Crippen LogP contribution in [0.3, 0.4) is 0 Å². The lowest BCUT2D eigenvalue weighted by atomic mass is 10.1. The standard InChI is InChI=1S/C17H25N5S2/c18-16-17(21-24-20-16)19-8-5-11-23-15-7-4-6-14(12-15)13-22-9-2-1-3-10-22/h4,6-7,12H,1-3,5,8-11,13H2,(H2,18,20)(H,19,21). The van der Waals surface area contributed by atoms with E-state index < -0.39 is 0 Å². The Bertz CT molecular complexity index is 625. The first-order valence-corrected chi connectivity index (χ1v) is 10.3. The highest BCUT2D eigenvalue weighted by molar-refractivity contribution is 7.99. The lowest BCUT2D eigenvalue weighted by Gasteiger charge is -2.26. The van der Waals surface area contributed by atoms with Crippen LogP contribution in [0.4, 0.5) is 11.6 Å². The highest BCUT2D eigenvalue weighted by Crippen LogP contribution is 2.22. The van der Waals surface area contributed by atoms with Crippen molar-refractivity contribution in [3.05, 3.63) is 29.8 Å². The molecule has 24 heavy (non-hydrogen) atoms. The number of anilines is 2. The van der Waals surface area contributed by atoms with Gasteiger partial charge in [0.05, 0.1) is 11.7 Å². The van der Waals surface area contributed by atoms with E-state index in [0.29, 0.717) is 11.6 Å². The molecule has 0 saturated carbocycles. The molecule has 7 heteroatoms. The minimum absolute atomic E-state index is 0.498. The lowest BCUT2D eigenvalue weighted by Crippen LogP contribution is -2.29. The van der Waals surface area contributed by atoms with E-state index in [1.165, 1.54) is 42.8 Å². The molecule has 5 nitrogen and oxygen atoms in total. The van der Waals surface area contributed by atoms with Crippen molar-refractivity contribution in [2.45, 2.75) is 37.1 Å². The van der Waals surface area contributed by atoms with Crippen LogP contribution < -0.4 is 11.1 Å². The Morgan fingerprint density at radius 1 is 1.21 bits per heavy atom. The molecule has 3 rings (SSSR count). The quantitative estimate of drug-likeness (QED) is 0.551. The maximum Gasteiger partial charge on any atom is 0.184 e. The third-order valence-electron chi connectivity index (χ3n) is 4.15. The van der Waals surface area contributed by atoms with Crippen molar-refractivity contribution in [3.63, 3.8) is 0 Å². The predicted octanol–water partition coefficient (Wildman–Crippen LogP) is 3.70. The number of rotatable bonds is 8. The molecule has 2 aromatic rings. The highest BCUT2D eigenvalue weighted by atomic mass is 32.2. The van der Waals surface area contributed by atoms with Gasteiger partial charge in [-0.2, -0.15) is 8.75 Å². The van der Waals surface area contributed by atoms with Gasteiger partial charge in [-0.3, -0.25) is 4.90 Å². The Labute approximate surface area is 152 Å². The van der Waals surface area contributed by atoms with Crippen LogP contribution in [0.1, 0.15) is 31.2 Å². The molecule has 0 amide bonds. The summed E-state index contributed by atoms with van der Waals surface area (Å²) in [5.41, 5.74) is 7.14. The Morgan fingerprint density at radius 2 is 2.08 bits per heavy atom. The van der Waals surface area contributed by atoms with Crippen molar-refractivity contribution in [2.24, 2.45) is 0 Å². The second-order valence-corrected chi connectivity index (χ2v) is 7.81. The molecule has 0 spiro atoms. The van der Waals surface area contributed by atoms with E-state index in [-0.39, 0.29) is 0 Å². The summed E-state index contributed by atoms with van der Waals surface area (Å²) >= 11 is 3.06. The molecule has 0 unspecified atom stereocenters. The first kappa shape index (κ1) is 17.5. The second-order valence-electron chi connectivity index (χ2n) is 6.11. The van der Waals surface area contributed by atoms with Gasteiger partial charge in [0.15, 0.2) is 11.6 Å². The first-order valence-electron chi connectivity index (χ1n) is 8.57. The molecule has 3 N–H and O–H groups in total. The molecular formula is C17H25N5S2. The number of nitrogens with zero attached hydrogens (tertiary/aromatic N) is 3. The van der Waals surface area contributed by atoms with E-state index in [1.54, 1.807) is 0 Å². The zero-order valence-corrected chi connectivity index (χ0v) is 15.5. The van der Waals surface area contributed by atoms with E-state index in [4.69, 9.17) is 5.73 Å². The summed E-state index contributed by atoms with van der Waals surface area (Å²) in [4.78, 5) is 3.93. The monoisotopic (exact) mass is 363 g/mol. The molecule has 0 radical (unpaired) electrons. The minimum Gasteiger partial charge on any atom is -0.380 e. The molecule has 0 bridgehead atoms. The van der Waals surface area contributed by atoms with Crippen molar-refractivity contribution >= 4 is 35.1 Å². The Balaban J connectivity index is 1.39. The van der Waals surface area contributed by atoms with Crippen molar-refractivity contribution in [3.8, 4) is 0 Å². The van der Waals surface area contributed by atoms with Crippen molar-refractivity contribution < 1.29 is 0 Å². The highest BCUT2D eigenvalue weighted by Gasteiger charge is 2.10.